The average molecular weight is 279 g/mol. The lowest BCUT2D eigenvalue weighted by Crippen LogP contribution is -2.00. The fourth-order valence-electron chi connectivity index (χ4n) is 2.13. The van der Waals surface area contributed by atoms with E-state index in [-0.39, 0.29) is 0 Å². The van der Waals surface area contributed by atoms with Gasteiger partial charge in [-0.15, -0.1) is 0 Å². The van der Waals surface area contributed by atoms with Crippen molar-refractivity contribution in [1.29, 1.82) is 0 Å². The van der Waals surface area contributed by atoms with Crippen LogP contribution in [0.5, 0.6) is 11.5 Å². The lowest BCUT2D eigenvalue weighted by molar-refractivity contribution is 0.486. The van der Waals surface area contributed by atoms with Crippen molar-refractivity contribution in [3.8, 4) is 11.5 Å². The average Bonchev–Trinajstić information content (AvgIpc) is 2.54. The smallest absolute Gasteiger partial charge is 0.147 e. The number of pyridine rings is 2. The number of aromatic nitrogens is 2. The Morgan fingerprint density at radius 3 is 3.00 bits per heavy atom. The Balaban J connectivity index is 1.88. The summed E-state index contributed by atoms with van der Waals surface area (Å²) in [7, 11) is 0. The first kappa shape index (κ1) is 13.4. The van der Waals surface area contributed by atoms with Crippen LogP contribution in [0, 0.1) is 0 Å². The maximum atomic E-state index is 5.97. The van der Waals surface area contributed by atoms with Crippen LogP contribution in [0.1, 0.15) is 13.3 Å². The van der Waals surface area contributed by atoms with E-state index in [1.165, 1.54) is 0 Å². The Kier molecular flexibility index (Phi) is 3.96. The van der Waals surface area contributed by atoms with Crippen LogP contribution in [-0.4, -0.2) is 16.5 Å². The molecule has 1 N–H and O–H groups in total. The summed E-state index contributed by atoms with van der Waals surface area (Å²) in [6.45, 7) is 3.05. The quantitative estimate of drug-likeness (QED) is 0.758. The second-order valence-electron chi connectivity index (χ2n) is 4.76. The Bertz CT molecular complexity index is 737. The van der Waals surface area contributed by atoms with Gasteiger partial charge in [0.1, 0.15) is 11.5 Å². The minimum atomic E-state index is 0.715. The zero-order valence-electron chi connectivity index (χ0n) is 11.9. The van der Waals surface area contributed by atoms with Gasteiger partial charge >= 0.3 is 0 Å². The van der Waals surface area contributed by atoms with Gasteiger partial charge in [-0.05, 0) is 30.7 Å². The number of hydrogen-bond donors (Lipinski definition) is 1. The van der Waals surface area contributed by atoms with E-state index in [0.29, 0.717) is 5.75 Å². The second kappa shape index (κ2) is 6.22. The molecule has 0 spiro atoms. The number of fused-ring (bicyclic) bond motifs is 1. The SMILES string of the molecule is CCCNc1cncc(Oc2cccc3ncccc23)c1. The summed E-state index contributed by atoms with van der Waals surface area (Å²) in [5.74, 6) is 1.50. The number of nitrogens with zero attached hydrogens (tertiary/aromatic N) is 2. The summed E-state index contributed by atoms with van der Waals surface area (Å²) in [6, 6.07) is 11.7. The van der Waals surface area contributed by atoms with E-state index >= 15 is 0 Å². The maximum Gasteiger partial charge on any atom is 0.147 e. The van der Waals surface area contributed by atoms with Gasteiger partial charge in [-0.2, -0.15) is 0 Å². The largest absolute Gasteiger partial charge is 0.455 e. The van der Waals surface area contributed by atoms with Gasteiger partial charge in [0.2, 0.25) is 0 Å². The van der Waals surface area contributed by atoms with Gasteiger partial charge < -0.3 is 10.1 Å². The van der Waals surface area contributed by atoms with Crippen molar-refractivity contribution in [3.63, 3.8) is 0 Å². The van der Waals surface area contributed by atoms with Crippen LogP contribution >= 0.6 is 0 Å². The molecule has 0 aliphatic rings. The molecule has 0 saturated carbocycles. The molecular formula is C17H17N3O. The summed E-state index contributed by atoms with van der Waals surface area (Å²) >= 11 is 0. The molecule has 106 valence electrons. The number of ether oxygens (including phenoxy) is 1. The third kappa shape index (κ3) is 3.11. The minimum Gasteiger partial charge on any atom is -0.455 e. The standard InChI is InChI=1S/C17H17N3O/c1-2-8-19-13-10-14(12-18-11-13)21-17-7-3-6-16-15(17)5-4-9-20-16/h3-7,9-12,19H,2,8H2,1H3. The summed E-state index contributed by atoms with van der Waals surface area (Å²) < 4.78 is 5.97. The van der Waals surface area contributed by atoms with Crippen LogP contribution in [0.25, 0.3) is 10.9 Å². The van der Waals surface area contributed by atoms with Gasteiger partial charge in [0, 0.05) is 24.2 Å². The Morgan fingerprint density at radius 1 is 1.14 bits per heavy atom. The number of nitrogens with one attached hydrogen (secondary N) is 1. The van der Waals surface area contributed by atoms with Crippen molar-refractivity contribution < 1.29 is 4.74 Å². The Hall–Kier alpha value is -2.62. The van der Waals surface area contributed by atoms with Crippen LogP contribution in [0.2, 0.25) is 0 Å². The lowest BCUT2D eigenvalue weighted by atomic mass is 10.2. The third-order valence-corrected chi connectivity index (χ3v) is 3.13. The van der Waals surface area contributed by atoms with Crippen molar-refractivity contribution in [2.24, 2.45) is 0 Å². The predicted molar refractivity (Wildman–Crippen MR) is 84.8 cm³/mol. The van der Waals surface area contributed by atoms with Crippen molar-refractivity contribution >= 4 is 16.6 Å². The van der Waals surface area contributed by atoms with E-state index in [2.05, 4.69) is 22.2 Å². The molecule has 4 nitrogen and oxygen atoms in total. The zero-order chi connectivity index (χ0) is 14.5. The highest BCUT2D eigenvalue weighted by molar-refractivity contribution is 5.85. The monoisotopic (exact) mass is 279 g/mol. The van der Waals surface area contributed by atoms with E-state index in [1.807, 2.05) is 36.4 Å². The van der Waals surface area contributed by atoms with Gasteiger partial charge in [-0.3, -0.25) is 9.97 Å². The highest BCUT2D eigenvalue weighted by Gasteiger charge is 2.04. The molecule has 0 fully saturated rings. The van der Waals surface area contributed by atoms with Gasteiger partial charge in [0.15, 0.2) is 0 Å². The Labute approximate surface area is 123 Å². The fourth-order valence-corrected chi connectivity index (χ4v) is 2.13. The first-order chi connectivity index (χ1) is 10.4. The van der Waals surface area contributed by atoms with E-state index in [0.717, 1.165) is 35.3 Å². The zero-order valence-corrected chi connectivity index (χ0v) is 11.9. The van der Waals surface area contributed by atoms with Gasteiger partial charge in [-0.25, -0.2) is 0 Å². The topological polar surface area (TPSA) is 47.0 Å². The van der Waals surface area contributed by atoms with Crippen LogP contribution in [0.15, 0.2) is 55.0 Å². The van der Waals surface area contributed by atoms with Gasteiger partial charge in [0.25, 0.3) is 0 Å². The molecule has 0 radical (unpaired) electrons. The Morgan fingerprint density at radius 2 is 2.10 bits per heavy atom. The molecule has 4 heteroatoms. The number of rotatable bonds is 5. The molecule has 0 amide bonds. The molecule has 1 aromatic carbocycles. The minimum absolute atomic E-state index is 0.715. The van der Waals surface area contributed by atoms with Crippen molar-refractivity contribution in [1.82, 2.24) is 9.97 Å². The maximum absolute atomic E-state index is 5.97. The van der Waals surface area contributed by atoms with Crippen LogP contribution in [0.3, 0.4) is 0 Å². The normalized spacial score (nSPS) is 10.5. The third-order valence-electron chi connectivity index (χ3n) is 3.13. The van der Waals surface area contributed by atoms with Crippen LogP contribution in [-0.2, 0) is 0 Å². The van der Waals surface area contributed by atoms with Crippen molar-refractivity contribution in [2.75, 3.05) is 11.9 Å². The summed E-state index contributed by atoms with van der Waals surface area (Å²) in [4.78, 5) is 8.54. The molecule has 3 rings (SSSR count). The van der Waals surface area contributed by atoms with E-state index in [4.69, 9.17) is 4.74 Å². The van der Waals surface area contributed by atoms with E-state index in [9.17, 15) is 0 Å². The van der Waals surface area contributed by atoms with Crippen molar-refractivity contribution in [3.05, 3.63) is 55.0 Å². The predicted octanol–water partition coefficient (Wildman–Crippen LogP) is 4.24. The van der Waals surface area contributed by atoms with E-state index in [1.54, 1.807) is 18.6 Å². The summed E-state index contributed by atoms with van der Waals surface area (Å²) in [5, 5.41) is 4.30. The highest BCUT2D eigenvalue weighted by atomic mass is 16.5. The molecule has 0 bridgehead atoms. The van der Waals surface area contributed by atoms with Crippen LogP contribution < -0.4 is 10.1 Å². The van der Waals surface area contributed by atoms with Gasteiger partial charge in [0.05, 0.1) is 23.6 Å². The molecule has 0 atom stereocenters. The van der Waals surface area contributed by atoms with Gasteiger partial charge in [-0.1, -0.05) is 13.0 Å². The number of hydrogen-bond acceptors (Lipinski definition) is 4. The number of anilines is 1. The molecule has 3 aromatic rings. The van der Waals surface area contributed by atoms with E-state index < -0.39 is 0 Å². The second-order valence-corrected chi connectivity index (χ2v) is 4.76. The van der Waals surface area contributed by atoms with Crippen LogP contribution in [0.4, 0.5) is 5.69 Å². The fraction of sp³-hybridized carbons (Fsp3) is 0.176. The first-order valence-electron chi connectivity index (χ1n) is 7.07. The molecule has 0 aliphatic carbocycles. The number of benzene rings is 1. The molecule has 0 saturated heterocycles. The highest BCUT2D eigenvalue weighted by Crippen LogP contribution is 2.29. The van der Waals surface area contributed by atoms with Crippen molar-refractivity contribution in [2.45, 2.75) is 13.3 Å². The lowest BCUT2D eigenvalue weighted by Gasteiger charge is -2.10. The molecular weight excluding hydrogens is 262 g/mol. The molecule has 0 unspecified atom stereocenters. The molecule has 0 aliphatic heterocycles. The first-order valence-corrected chi connectivity index (χ1v) is 7.07. The summed E-state index contributed by atoms with van der Waals surface area (Å²) in [5.41, 5.74) is 1.89. The molecule has 2 aromatic heterocycles. The molecule has 21 heavy (non-hydrogen) atoms. The molecule has 2 heterocycles. The summed E-state index contributed by atoms with van der Waals surface area (Å²) in [6.07, 6.45) is 6.36.